The molecule has 0 heterocycles. The van der Waals surface area contributed by atoms with E-state index in [1.54, 1.807) is 0 Å². The second kappa shape index (κ2) is 6.27. The number of esters is 1. The van der Waals surface area contributed by atoms with Crippen molar-refractivity contribution in [3.8, 4) is 0 Å². The third kappa shape index (κ3) is 3.33. The molecule has 3 rings (SSSR count). The van der Waals surface area contributed by atoms with E-state index in [0.717, 1.165) is 24.5 Å². The van der Waals surface area contributed by atoms with Gasteiger partial charge in [-0.25, -0.2) is 0 Å². The Morgan fingerprint density at radius 3 is 2.45 bits per heavy atom. The van der Waals surface area contributed by atoms with Gasteiger partial charge >= 0.3 is 5.97 Å². The summed E-state index contributed by atoms with van der Waals surface area (Å²) in [6, 6.07) is 0.560. The summed E-state index contributed by atoms with van der Waals surface area (Å²) in [6.07, 6.45) is 12.3. The van der Waals surface area contributed by atoms with Gasteiger partial charge in [-0.2, -0.15) is 11.8 Å². The first-order valence-corrected chi connectivity index (χ1v) is 9.18. The van der Waals surface area contributed by atoms with Gasteiger partial charge in [0.15, 0.2) is 0 Å². The number of hydrogen-bond acceptors (Lipinski definition) is 4. The Morgan fingerprint density at radius 1 is 1.10 bits per heavy atom. The highest BCUT2D eigenvalue weighted by molar-refractivity contribution is 8.00. The molecule has 0 aliphatic heterocycles. The zero-order valence-corrected chi connectivity index (χ0v) is 13.3. The molecule has 0 amide bonds. The van der Waals surface area contributed by atoms with Gasteiger partial charge in [-0.05, 0) is 51.4 Å². The van der Waals surface area contributed by atoms with Crippen LogP contribution in [0.2, 0.25) is 0 Å². The molecule has 1 N–H and O–H groups in total. The van der Waals surface area contributed by atoms with Crippen LogP contribution in [-0.4, -0.2) is 35.2 Å². The fourth-order valence-electron chi connectivity index (χ4n) is 3.83. The van der Waals surface area contributed by atoms with E-state index in [1.165, 1.54) is 52.1 Å². The summed E-state index contributed by atoms with van der Waals surface area (Å²) in [5, 5.41) is 5.10. The first kappa shape index (κ1) is 14.7. The third-order valence-electron chi connectivity index (χ3n) is 5.03. The SMILES string of the molecule is COC(=O)C1(NC2CC2)CCCC(SC2CCCC2)C1. The maximum atomic E-state index is 12.3. The van der Waals surface area contributed by atoms with E-state index >= 15 is 0 Å². The normalized spacial score (nSPS) is 35.1. The van der Waals surface area contributed by atoms with Crippen molar-refractivity contribution >= 4 is 17.7 Å². The molecule has 3 fully saturated rings. The van der Waals surface area contributed by atoms with Crippen LogP contribution in [0.25, 0.3) is 0 Å². The maximum absolute atomic E-state index is 12.3. The fraction of sp³-hybridized carbons (Fsp3) is 0.938. The van der Waals surface area contributed by atoms with Gasteiger partial charge in [-0.3, -0.25) is 10.1 Å². The second-order valence-electron chi connectivity index (χ2n) is 6.75. The molecular weight excluding hydrogens is 270 g/mol. The Morgan fingerprint density at radius 2 is 1.80 bits per heavy atom. The quantitative estimate of drug-likeness (QED) is 0.791. The number of carbonyl (C=O) groups excluding carboxylic acids is 1. The molecule has 2 atom stereocenters. The highest BCUT2D eigenvalue weighted by atomic mass is 32.2. The predicted molar refractivity (Wildman–Crippen MR) is 83.0 cm³/mol. The van der Waals surface area contributed by atoms with Crippen LogP contribution in [0.1, 0.15) is 64.2 Å². The van der Waals surface area contributed by atoms with Crippen molar-refractivity contribution < 1.29 is 9.53 Å². The van der Waals surface area contributed by atoms with E-state index in [0.29, 0.717) is 11.3 Å². The first-order valence-electron chi connectivity index (χ1n) is 8.23. The first-order chi connectivity index (χ1) is 9.72. The van der Waals surface area contributed by atoms with Crippen LogP contribution in [0.15, 0.2) is 0 Å². The Balaban J connectivity index is 1.64. The van der Waals surface area contributed by atoms with Crippen LogP contribution >= 0.6 is 11.8 Å². The van der Waals surface area contributed by atoms with Gasteiger partial charge in [-0.15, -0.1) is 0 Å². The zero-order chi connectivity index (χ0) is 14.0. The molecule has 4 heteroatoms. The average Bonchev–Trinajstić information content (AvgIpc) is 3.11. The minimum Gasteiger partial charge on any atom is -0.468 e. The largest absolute Gasteiger partial charge is 0.468 e. The molecule has 20 heavy (non-hydrogen) atoms. The molecule has 0 bridgehead atoms. The van der Waals surface area contributed by atoms with Crippen molar-refractivity contribution in [2.75, 3.05) is 7.11 Å². The lowest BCUT2D eigenvalue weighted by Crippen LogP contribution is -2.56. The maximum Gasteiger partial charge on any atom is 0.326 e. The highest BCUT2D eigenvalue weighted by Gasteiger charge is 2.47. The number of hydrogen-bond donors (Lipinski definition) is 1. The molecule has 114 valence electrons. The molecule has 3 aliphatic rings. The van der Waals surface area contributed by atoms with E-state index in [1.807, 2.05) is 0 Å². The number of rotatable bonds is 5. The number of nitrogens with one attached hydrogen (secondary N) is 1. The summed E-state index contributed by atoms with van der Waals surface area (Å²) >= 11 is 2.16. The van der Waals surface area contributed by atoms with Gasteiger partial charge in [0.2, 0.25) is 0 Å². The average molecular weight is 297 g/mol. The van der Waals surface area contributed by atoms with Crippen molar-refractivity contribution in [1.29, 1.82) is 0 Å². The summed E-state index contributed by atoms with van der Waals surface area (Å²) in [5.41, 5.74) is -0.384. The van der Waals surface area contributed by atoms with Crippen LogP contribution in [0.3, 0.4) is 0 Å². The van der Waals surface area contributed by atoms with Crippen LogP contribution in [-0.2, 0) is 9.53 Å². The van der Waals surface area contributed by atoms with Crippen molar-refractivity contribution in [3.63, 3.8) is 0 Å². The van der Waals surface area contributed by atoms with Crippen molar-refractivity contribution in [1.82, 2.24) is 5.32 Å². The van der Waals surface area contributed by atoms with Gasteiger partial charge in [-0.1, -0.05) is 12.8 Å². The van der Waals surface area contributed by atoms with Crippen molar-refractivity contribution in [3.05, 3.63) is 0 Å². The lowest BCUT2D eigenvalue weighted by molar-refractivity contribution is -0.150. The highest BCUT2D eigenvalue weighted by Crippen LogP contribution is 2.42. The van der Waals surface area contributed by atoms with Gasteiger partial charge in [0.25, 0.3) is 0 Å². The van der Waals surface area contributed by atoms with Crippen LogP contribution in [0, 0.1) is 0 Å². The third-order valence-corrected chi connectivity index (χ3v) is 6.67. The molecule has 0 aromatic rings. The molecule has 0 aromatic heterocycles. The Hall–Kier alpha value is -0.220. The van der Waals surface area contributed by atoms with E-state index in [9.17, 15) is 4.79 Å². The summed E-state index contributed by atoms with van der Waals surface area (Å²) in [4.78, 5) is 12.3. The number of ether oxygens (including phenoxy) is 1. The molecule has 0 spiro atoms. The topological polar surface area (TPSA) is 38.3 Å². The molecule has 0 radical (unpaired) electrons. The predicted octanol–water partition coefficient (Wildman–Crippen LogP) is 3.27. The molecule has 3 saturated carbocycles. The van der Waals surface area contributed by atoms with Gasteiger partial charge in [0.05, 0.1) is 7.11 Å². The molecule has 0 aromatic carbocycles. The monoisotopic (exact) mass is 297 g/mol. The van der Waals surface area contributed by atoms with E-state index in [4.69, 9.17) is 4.74 Å². The van der Waals surface area contributed by atoms with Gasteiger partial charge < -0.3 is 4.74 Å². The molecule has 3 nitrogen and oxygen atoms in total. The van der Waals surface area contributed by atoms with Gasteiger partial charge in [0, 0.05) is 16.5 Å². The fourth-order valence-corrected chi connectivity index (χ4v) is 5.66. The van der Waals surface area contributed by atoms with Crippen LogP contribution < -0.4 is 5.32 Å². The number of thioether (sulfide) groups is 1. The van der Waals surface area contributed by atoms with Crippen molar-refractivity contribution in [2.45, 2.75) is 86.3 Å². The standard InChI is InChI=1S/C16H27NO2S/c1-19-15(18)16(17-12-8-9-12)10-4-7-14(11-16)20-13-5-2-3-6-13/h12-14,17H,2-11H2,1H3. The smallest absolute Gasteiger partial charge is 0.326 e. The lowest BCUT2D eigenvalue weighted by Gasteiger charge is -2.40. The summed E-state index contributed by atoms with van der Waals surface area (Å²) in [7, 11) is 1.53. The molecular formula is C16H27NO2S. The Kier molecular flexibility index (Phi) is 4.61. The van der Waals surface area contributed by atoms with E-state index in [2.05, 4.69) is 17.1 Å². The van der Waals surface area contributed by atoms with Crippen molar-refractivity contribution in [2.24, 2.45) is 0 Å². The summed E-state index contributed by atoms with van der Waals surface area (Å²) in [6.45, 7) is 0. The summed E-state index contributed by atoms with van der Waals surface area (Å²) in [5.74, 6) is -0.0267. The summed E-state index contributed by atoms with van der Waals surface area (Å²) < 4.78 is 5.13. The van der Waals surface area contributed by atoms with Gasteiger partial charge in [0.1, 0.15) is 5.54 Å². The number of carbonyl (C=O) groups is 1. The Bertz CT molecular complexity index is 352. The Labute approximate surface area is 126 Å². The minimum atomic E-state index is -0.384. The van der Waals surface area contributed by atoms with E-state index in [-0.39, 0.29) is 11.5 Å². The lowest BCUT2D eigenvalue weighted by atomic mass is 9.81. The molecule has 2 unspecified atom stereocenters. The second-order valence-corrected chi connectivity index (χ2v) is 8.36. The minimum absolute atomic E-state index is 0.0267. The molecule has 0 saturated heterocycles. The van der Waals surface area contributed by atoms with Crippen LogP contribution in [0.5, 0.6) is 0 Å². The molecule has 3 aliphatic carbocycles. The van der Waals surface area contributed by atoms with Crippen LogP contribution in [0.4, 0.5) is 0 Å². The van der Waals surface area contributed by atoms with E-state index < -0.39 is 0 Å². The zero-order valence-electron chi connectivity index (χ0n) is 12.5. The number of methoxy groups -OCH3 is 1.